The molecule has 1 atom stereocenters. The first-order valence-corrected chi connectivity index (χ1v) is 10.8. The van der Waals surface area contributed by atoms with Crippen molar-refractivity contribution >= 4 is 56.5 Å². The number of aromatic hydroxyl groups is 2. The molecule has 3 N–H and O–H groups in total. The van der Waals surface area contributed by atoms with E-state index in [0.29, 0.717) is 0 Å². The third-order valence-corrected chi connectivity index (χ3v) is 6.91. The highest BCUT2D eigenvalue weighted by atomic mass is 35.5. The number of hydrogen-bond donors (Lipinski definition) is 3. The van der Waals surface area contributed by atoms with Crippen LogP contribution >= 0.6 is 46.4 Å². The van der Waals surface area contributed by atoms with E-state index >= 15 is 0 Å². The zero-order valence-electron chi connectivity index (χ0n) is 14.3. The van der Waals surface area contributed by atoms with E-state index in [4.69, 9.17) is 46.4 Å². The Kier molecular flexibility index (Phi) is 5.98. The summed E-state index contributed by atoms with van der Waals surface area (Å²) < 4.78 is 34.1. The lowest BCUT2D eigenvalue weighted by molar-refractivity contribution is 0.455. The molecule has 29 heavy (non-hydrogen) atoms. The van der Waals surface area contributed by atoms with Gasteiger partial charge in [-0.3, -0.25) is 4.55 Å². The second kappa shape index (κ2) is 7.87. The second-order valence-corrected chi connectivity index (χ2v) is 9.34. The molecule has 1 unspecified atom stereocenters. The predicted molar refractivity (Wildman–Crippen MR) is 114 cm³/mol. The van der Waals surface area contributed by atoms with Gasteiger partial charge in [0.2, 0.25) is 0 Å². The van der Waals surface area contributed by atoms with Gasteiger partial charge in [0.15, 0.2) is 4.75 Å². The van der Waals surface area contributed by atoms with Crippen LogP contribution in [0.3, 0.4) is 0 Å². The van der Waals surface area contributed by atoms with E-state index in [0.717, 1.165) is 18.2 Å². The minimum atomic E-state index is -5.08. The summed E-state index contributed by atoms with van der Waals surface area (Å²) in [5, 5.41) is 19.4. The monoisotopic (exact) mass is 492 g/mol. The lowest BCUT2D eigenvalue weighted by atomic mass is 9.83. The summed E-state index contributed by atoms with van der Waals surface area (Å²) >= 11 is 24.9. The molecule has 0 bridgehead atoms. The van der Waals surface area contributed by atoms with Gasteiger partial charge in [-0.25, -0.2) is 0 Å². The van der Waals surface area contributed by atoms with E-state index in [9.17, 15) is 23.2 Å². The van der Waals surface area contributed by atoms with Gasteiger partial charge in [-0.15, -0.1) is 0 Å². The highest BCUT2D eigenvalue weighted by Gasteiger charge is 2.52. The highest BCUT2D eigenvalue weighted by molar-refractivity contribution is 7.87. The summed E-state index contributed by atoms with van der Waals surface area (Å²) in [5.74, 6) is -0.585. The fourth-order valence-electron chi connectivity index (χ4n) is 3.25. The van der Waals surface area contributed by atoms with Crippen LogP contribution in [0.15, 0.2) is 54.6 Å². The minimum Gasteiger partial charge on any atom is -0.508 e. The van der Waals surface area contributed by atoms with Crippen LogP contribution in [0.2, 0.25) is 20.1 Å². The fraction of sp³-hybridized carbons (Fsp3) is 0.0526. The van der Waals surface area contributed by atoms with Gasteiger partial charge >= 0.3 is 0 Å². The van der Waals surface area contributed by atoms with Gasteiger partial charge < -0.3 is 10.2 Å². The quantitative estimate of drug-likeness (QED) is 0.311. The van der Waals surface area contributed by atoms with Crippen LogP contribution in [0.5, 0.6) is 11.5 Å². The van der Waals surface area contributed by atoms with E-state index in [1.54, 1.807) is 0 Å². The molecule has 0 aliphatic carbocycles. The highest BCUT2D eigenvalue weighted by Crippen LogP contribution is 2.52. The maximum Gasteiger partial charge on any atom is 0.283 e. The first-order valence-electron chi connectivity index (χ1n) is 7.89. The SMILES string of the molecule is O=S(=O)(O)C(c1cccc(O)c1)(c1ccc(Cl)cc1Cl)c1c(Cl)cc(O)cc1Cl. The normalized spacial score (nSPS) is 13.8. The Morgan fingerprint density at radius 2 is 1.38 bits per heavy atom. The molecule has 0 fully saturated rings. The van der Waals surface area contributed by atoms with Crippen LogP contribution in [0, 0.1) is 0 Å². The average molecular weight is 494 g/mol. The first-order chi connectivity index (χ1) is 13.5. The van der Waals surface area contributed by atoms with Crippen molar-refractivity contribution < 1.29 is 23.2 Å². The molecule has 3 rings (SSSR count). The van der Waals surface area contributed by atoms with E-state index < -0.39 is 14.9 Å². The van der Waals surface area contributed by atoms with Crippen LogP contribution in [0.4, 0.5) is 0 Å². The third kappa shape index (κ3) is 3.77. The molecule has 3 aromatic rings. The molecule has 0 amide bonds. The molecule has 0 aliphatic heterocycles. The smallest absolute Gasteiger partial charge is 0.283 e. The molecule has 0 heterocycles. The maximum atomic E-state index is 13.0. The Morgan fingerprint density at radius 3 is 1.90 bits per heavy atom. The number of hydrogen-bond acceptors (Lipinski definition) is 4. The van der Waals surface area contributed by atoms with E-state index in [1.165, 1.54) is 36.4 Å². The molecule has 0 spiro atoms. The average Bonchev–Trinajstić information content (AvgIpc) is 2.57. The van der Waals surface area contributed by atoms with Gasteiger partial charge in [0, 0.05) is 21.2 Å². The van der Waals surface area contributed by atoms with Gasteiger partial charge in [0.05, 0.1) is 10.0 Å². The summed E-state index contributed by atoms with van der Waals surface area (Å²) in [6.45, 7) is 0. The van der Waals surface area contributed by atoms with Gasteiger partial charge in [-0.1, -0.05) is 64.6 Å². The first kappa shape index (κ1) is 22.0. The molecule has 3 aromatic carbocycles. The zero-order chi connectivity index (χ0) is 21.6. The minimum absolute atomic E-state index is 0.0845. The number of phenols is 2. The summed E-state index contributed by atoms with van der Waals surface area (Å²) in [7, 11) is -5.08. The van der Waals surface area contributed by atoms with E-state index in [2.05, 4.69) is 0 Å². The number of halogens is 4. The molecule has 10 heteroatoms. The fourth-order valence-corrected chi connectivity index (χ4v) is 6.08. The Hall–Kier alpha value is -1.67. The topological polar surface area (TPSA) is 94.8 Å². The lowest BCUT2D eigenvalue weighted by Gasteiger charge is -2.34. The van der Waals surface area contributed by atoms with Crippen molar-refractivity contribution in [3.05, 3.63) is 91.4 Å². The summed E-state index contributed by atoms with van der Waals surface area (Å²) in [6.07, 6.45) is 0. The molecule has 0 aromatic heterocycles. The van der Waals surface area contributed by atoms with Gasteiger partial charge in [-0.2, -0.15) is 8.42 Å². The Balaban J connectivity index is 2.63. The molecule has 0 saturated heterocycles. The number of benzene rings is 3. The molecule has 5 nitrogen and oxygen atoms in total. The standard InChI is InChI=1S/C19H12Cl4O5S/c20-11-4-5-14(15(21)7-11)19(29(26,27)28,10-2-1-3-12(24)6-10)18-16(22)8-13(25)9-17(18)23/h1-9,24-25H,(H,26,27,28). The van der Waals surface area contributed by atoms with Gasteiger partial charge in [0.1, 0.15) is 11.5 Å². The van der Waals surface area contributed by atoms with Gasteiger partial charge in [-0.05, 0) is 42.0 Å². The van der Waals surface area contributed by atoms with Crippen molar-refractivity contribution in [1.29, 1.82) is 0 Å². The van der Waals surface area contributed by atoms with Crippen molar-refractivity contribution in [3.63, 3.8) is 0 Å². The molecule has 0 saturated carbocycles. The Bertz CT molecular complexity index is 1190. The van der Waals surface area contributed by atoms with Crippen LogP contribution < -0.4 is 0 Å². The largest absolute Gasteiger partial charge is 0.508 e. The van der Waals surface area contributed by atoms with Crippen LogP contribution in [-0.4, -0.2) is 23.2 Å². The molecular formula is C19H12Cl4O5S. The maximum absolute atomic E-state index is 13.0. The predicted octanol–water partition coefficient (Wildman–Crippen LogP) is 5.89. The molecule has 0 radical (unpaired) electrons. The molecule has 0 aliphatic rings. The second-order valence-electron chi connectivity index (χ2n) is 6.12. The van der Waals surface area contributed by atoms with Crippen LogP contribution in [-0.2, 0) is 14.9 Å². The zero-order valence-corrected chi connectivity index (χ0v) is 18.1. The van der Waals surface area contributed by atoms with Crippen molar-refractivity contribution in [2.24, 2.45) is 0 Å². The number of rotatable bonds is 4. The van der Waals surface area contributed by atoms with Crippen molar-refractivity contribution in [2.75, 3.05) is 0 Å². The summed E-state index contributed by atoms with van der Waals surface area (Å²) in [6, 6.07) is 11.3. The van der Waals surface area contributed by atoms with E-state index in [-0.39, 0.29) is 48.3 Å². The van der Waals surface area contributed by atoms with Crippen LogP contribution in [0.25, 0.3) is 0 Å². The van der Waals surface area contributed by atoms with Crippen LogP contribution in [0.1, 0.15) is 16.7 Å². The Morgan fingerprint density at radius 1 is 0.759 bits per heavy atom. The Labute approximate surface area is 186 Å². The van der Waals surface area contributed by atoms with Crippen molar-refractivity contribution in [2.45, 2.75) is 4.75 Å². The third-order valence-electron chi connectivity index (χ3n) is 4.33. The van der Waals surface area contributed by atoms with Crippen molar-refractivity contribution in [3.8, 4) is 11.5 Å². The molecule has 152 valence electrons. The number of phenolic OH excluding ortho intramolecular Hbond substituents is 2. The molecular weight excluding hydrogens is 482 g/mol. The van der Waals surface area contributed by atoms with E-state index in [1.807, 2.05) is 0 Å². The summed E-state index contributed by atoms with van der Waals surface area (Å²) in [4.78, 5) is 0. The van der Waals surface area contributed by atoms with Crippen molar-refractivity contribution in [1.82, 2.24) is 0 Å². The summed E-state index contributed by atoms with van der Waals surface area (Å²) in [5.41, 5.74) is -0.444. The van der Waals surface area contributed by atoms with Gasteiger partial charge in [0.25, 0.3) is 10.1 Å². The lowest BCUT2D eigenvalue weighted by Crippen LogP contribution is -2.39.